The molecule has 1 unspecified atom stereocenters. The third-order valence-electron chi connectivity index (χ3n) is 4.30. The number of nitrogens with zero attached hydrogens (tertiary/aromatic N) is 3. The Bertz CT molecular complexity index is 907. The van der Waals surface area contributed by atoms with Crippen LogP contribution in [0.4, 0.5) is 5.69 Å². The number of para-hydroxylation sites is 2. The molecule has 1 aromatic heterocycles. The van der Waals surface area contributed by atoms with Gasteiger partial charge in [0.05, 0.1) is 10.8 Å². The number of carbonyl (C=O) groups is 1. The first-order chi connectivity index (χ1) is 11.7. The maximum Gasteiger partial charge on any atom is 0.240 e. The number of hydrogen-bond acceptors (Lipinski definition) is 4. The monoisotopic (exact) mass is 335 g/mol. The highest BCUT2D eigenvalue weighted by Gasteiger charge is 2.28. The van der Waals surface area contributed by atoms with E-state index >= 15 is 0 Å². The molecule has 3 aromatic rings. The van der Waals surface area contributed by atoms with Gasteiger partial charge in [-0.3, -0.25) is 4.79 Å². The lowest BCUT2D eigenvalue weighted by atomic mass is 10.2. The van der Waals surface area contributed by atoms with Crippen LogP contribution in [0, 0.1) is 0 Å². The molecule has 1 atom stereocenters. The van der Waals surface area contributed by atoms with Crippen molar-refractivity contribution in [3.8, 4) is 0 Å². The standard InChI is InChI=1S/C19H17N3OS/c1-13(19(23)22-11-10-14-6-2-5-9-17(14)22)24-18-15-7-3-4-8-16(15)20-12-21-18/h2-9,12-13H,10-11H2,1H3. The van der Waals surface area contributed by atoms with E-state index in [0.717, 1.165) is 34.6 Å². The van der Waals surface area contributed by atoms with Crippen molar-refractivity contribution in [3.63, 3.8) is 0 Å². The zero-order chi connectivity index (χ0) is 16.5. The number of carbonyl (C=O) groups excluding carboxylic acids is 1. The highest BCUT2D eigenvalue weighted by atomic mass is 32.2. The Morgan fingerprint density at radius 1 is 1.12 bits per heavy atom. The summed E-state index contributed by atoms with van der Waals surface area (Å²) in [4.78, 5) is 23.5. The molecule has 1 amide bonds. The van der Waals surface area contributed by atoms with E-state index in [2.05, 4.69) is 16.0 Å². The van der Waals surface area contributed by atoms with E-state index in [0.29, 0.717) is 0 Å². The zero-order valence-corrected chi connectivity index (χ0v) is 14.2. The molecule has 5 heteroatoms. The second kappa shape index (κ2) is 6.24. The third-order valence-corrected chi connectivity index (χ3v) is 5.40. The summed E-state index contributed by atoms with van der Waals surface area (Å²) in [6.45, 7) is 2.71. The molecule has 0 radical (unpaired) electrons. The van der Waals surface area contributed by atoms with Crippen LogP contribution in [-0.2, 0) is 11.2 Å². The van der Waals surface area contributed by atoms with Gasteiger partial charge in [-0.1, -0.05) is 48.2 Å². The van der Waals surface area contributed by atoms with E-state index in [-0.39, 0.29) is 11.2 Å². The fourth-order valence-corrected chi connectivity index (χ4v) is 4.05. The Morgan fingerprint density at radius 3 is 2.83 bits per heavy atom. The number of thioether (sulfide) groups is 1. The van der Waals surface area contributed by atoms with Crippen molar-refractivity contribution in [1.29, 1.82) is 0 Å². The summed E-state index contributed by atoms with van der Waals surface area (Å²) >= 11 is 1.50. The van der Waals surface area contributed by atoms with Crippen LogP contribution in [0.3, 0.4) is 0 Å². The number of benzene rings is 2. The molecule has 4 nitrogen and oxygen atoms in total. The molecule has 120 valence electrons. The lowest BCUT2D eigenvalue weighted by Crippen LogP contribution is -2.35. The molecule has 1 aliphatic rings. The van der Waals surface area contributed by atoms with Crippen molar-refractivity contribution in [1.82, 2.24) is 9.97 Å². The molecule has 0 saturated heterocycles. The summed E-state index contributed by atoms with van der Waals surface area (Å²) in [6.07, 6.45) is 2.49. The minimum absolute atomic E-state index is 0.132. The molecule has 24 heavy (non-hydrogen) atoms. The van der Waals surface area contributed by atoms with Gasteiger partial charge < -0.3 is 4.90 Å². The van der Waals surface area contributed by atoms with E-state index in [4.69, 9.17) is 0 Å². The van der Waals surface area contributed by atoms with E-state index in [9.17, 15) is 4.79 Å². The topological polar surface area (TPSA) is 46.1 Å². The summed E-state index contributed by atoms with van der Waals surface area (Å²) in [5, 5.41) is 1.65. The molecule has 0 saturated carbocycles. The minimum Gasteiger partial charge on any atom is -0.311 e. The summed E-state index contributed by atoms with van der Waals surface area (Å²) in [6, 6.07) is 16.0. The molecule has 2 aromatic carbocycles. The molecule has 0 bridgehead atoms. The van der Waals surface area contributed by atoms with E-state index in [1.807, 2.05) is 54.3 Å². The van der Waals surface area contributed by atoms with Crippen molar-refractivity contribution in [2.75, 3.05) is 11.4 Å². The van der Waals surface area contributed by atoms with Gasteiger partial charge in [-0.05, 0) is 31.0 Å². The Hall–Kier alpha value is -2.40. The molecular weight excluding hydrogens is 318 g/mol. The molecule has 0 fully saturated rings. The maximum atomic E-state index is 12.9. The Balaban J connectivity index is 1.58. The normalized spacial score (nSPS) is 14.6. The maximum absolute atomic E-state index is 12.9. The number of hydrogen-bond donors (Lipinski definition) is 0. The van der Waals surface area contributed by atoms with Gasteiger partial charge in [0, 0.05) is 17.6 Å². The smallest absolute Gasteiger partial charge is 0.240 e. The fourth-order valence-electron chi connectivity index (χ4n) is 3.08. The van der Waals surface area contributed by atoms with Crippen LogP contribution in [-0.4, -0.2) is 27.7 Å². The predicted molar refractivity (Wildman–Crippen MR) is 97.4 cm³/mol. The molecule has 2 heterocycles. The minimum atomic E-state index is -0.200. The van der Waals surface area contributed by atoms with Crippen molar-refractivity contribution >= 4 is 34.3 Å². The van der Waals surface area contributed by atoms with Gasteiger partial charge in [-0.15, -0.1) is 0 Å². The number of aromatic nitrogens is 2. The Kier molecular flexibility index (Phi) is 3.94. The summed E-state index contributed by atoms with van der Waals surface area (Å²) in [5.41, 5.74) is 3.19. The molecule has 4 rings (SSSR count). The third kappa shape index (κ3) is 2.65. The van der Waals surface area contributed by atoms with Crippen LogP contribution in [0.15, 0.2) is 59.9 Å². The Morgan fingerprint density at radius 2 is 1.92 bits per heavy atom. The van der Waals surface area contributed by atoms with Crippen LogP contribution in [0.5, 0.6) is 0 Å². The van der Waals surface area contributed by atoms with Gasteiger partial charge in [0.15, 0.2) is 0 Å². The summed E-state index contributed by atoms with van der Waals surface area (Å²) in [7, 11) is 0. The van der Waals surface area contributed by atoms with E-state index < -0.39 is 0 Å². The van der Waals surface area contributed by atoms with Crippen molar-refractivity contribution in [2.24, 2.45) is 0 Å². The Labute approximate surface area is 144 Å². The van der Waals surface area contributed by atoms with Crippen molar-refractivity contribution in [3.05, 3.63) is 60.4 Å². The fraction of sp³-hybridized carbons (Fsp3) is 0.211. The van der Waals surface area contributed by atoms with Crippen LogP contribution >= 0.6 is 11.8 Å². The molecular formula is C19H17N3OS. The lowest BCUT2D eigenvalue weighted by Gasteiger charge is -2.21. The number of rotatable bonds is 3. The van der Waals surface area contributed by atoms with E-state index in [1.165, 1.54) is 17.3 Å². The first-order valence-electron chi connectivity index (χ1n) is 8.00. The molecule has 0 N–H and O–H groups in total. The lowest BCUT2D eigenvalue weighted by molar-refractivity contribution is -0.117. The van der Waals surface area contributed by atoms with Gasteiger partial charge >= 0.3 is 0 Å². The first-order valence-corrected chi connectivity index (χ1v) is 8.87. The molecule has 0 spiro atoms. The first kappa shape index (κ1) is 15.1. The average Bonchev–Trinajstić information content (AvgIpc) is 3.05. The van der Waals surface area contributed by atoms with E-state index in [1.54, 1.807) is 6.33 Å². The summed E-state index contributed by atoms with van der Waals surface area (Å²) < 4.78 is 0. The van der Waals surface area contributed by atoms with Gasteiger partial charge in [0.25, 0.3) is 0 Å². The number of fused-ring (bicyclic) bond motifs is 2. The van der Waals surface area contributed by atoms with Crippen LogP contribution < -0.4 is 4.90 Å². The molecule has 1 aliphatic heterocycles. The van der Waals surface area contributed by atoms with Crippen molar-refractivity contribution in [2.45, 2.75) is 23.6 Å². The summed E-state index contributed by atoms with van der Waals surface area (Å²) in [5.74, 6) is 0.132. The molecule has 0 aliphatic carbocycles. The number of anilines is 1. The van der Waals surface area contributed by atoms with Gasteiger partial charge in [0.1, 0.15) is 11.4 Å². The van der Waals surface area contributed by atoms with Gasteiger partial charge in [0.2, 0.25) is 5.91 Å². The van der Waals surface area contributed by atoms with Crippen LogP contribution in [0.25, 0.3) is 10.9 Å². The number of amides is 1. The highest BCUT2D eigenvalue weighted by Crippen LogP contribution is 2.32. The predicted octanol–water partition coefficient (Wildman–Crippen LogP) is 3.70. The van der Waals surface area contributed by atoms with Gasteiger partial charge in [-0.2, -0.15) is 0 Å². The van der Waals surface area contributed by atoms with Crippen molar-refractivity contribution < 1.29 is 4.79 Å². The zero-order valence-electron chi connectivity index (χ0n) is 13.3. The second-order valence-corrected chi connectivity index (χ2v) is 7.15. The average molecular weight is 335 g/mol. The van der Waals surface area contributed by atoms with Gasteiger partial charge in [-0.25, -0.2) is 9.97 Å². The van der Waals surface area contributed by atoms with Crippen LogP contribution in [0.1, 0.15) is 12.5 Å². The SMILES string of the molecule is CC(Sc1ncnc2ccccc12)C(=O)N1CCc2ccccc21. The van der Waals surface area contributed by atoms with Crippen LogP contribution in [0.2, 0.25) is 0 Å². The highest BCUT2D eigenvalue weighted by molar-refractivity contribution is 8.00. The second-order valence-electron chi connectivity index (χ2n) is 5.82. The quantitative estimate of drug-likeness (QED) is 0.541. The largest absolute Gasteiger partial charge is 0.311 e.